The summed E-state index contributed by atoms with van der Waals surface area (Å²) in [7, 11) is 0. The molecule has 120 valence electrons. The van der Waals surface area contributed by atoms with Crippen molar-refractivity contribution in [2.24, 2.45) is 0 Å². The van der Waals surface area contributed by atoms with Crippen molar-refractivity contribution in [3.8, 4) is 0 Å². The lowest BCUT2D eigenvalue weighted by Crippen LogP contribution is -2.17. The summed E-state index contributed by atoms with van der Waals surface area (Å²) in [5.41, 5.74) is 2.57. The fraction of sp³-hybridized carbons (Fsp3) is 0.471. The number of carbonyl (C=O) groups excluding carboxylic acids is 1. The van der Waals surface area contributed by atoms with E-state index in [1.165, 1.54) is 0 Å². The van der Waals surface area contributed by atoms with E-state index < -0.39 is 0 Å². The third-order valence-corrected chi connectivity index (χ3v) is 4.53. The molecule has 2 aliphatic rings. The SMILES string of the molecule is Cc1ccc(C(=O)Nc2ccn(C3CCNC3)n2)c(C2CC2)n1. The van der Waals surface area contributed by atoms with Gasteiger partial charge in [-0.15, -0.1) is 0 Å². The van der Waals surface area contributed by atoms with Gasteiger partial charge < -0.3 is 10.6 Å². The van der Waals surface area contributed by atoms with E-state index in [9.17, 15) is 4.79 Å². The van der Waals surface area contributed by atoms with E-state index in [-0.39, 0.29) is 5.91 Å². The minimum atomic E-state index is -0.116. The number of nitrogens with zero attached hydrogens (tertiary/aromatic N) is 3. The number of anilines is 1. The first kappa shape index (κ1) is 14.4. The van der Waals surface area contributed by atoms with Crippen molar-refractivity contribution in [1.29, 1.82) is 0 Å². The summed E-state index contributed by atoms with van der Waals surface area (Å²) in [6.45, 7) is 3.92. The molecule has 2 aromatic rings. The molecule has 23 heavy (non-hydrogen) atoms. The molecular weight excluding hydrogens is 290 g/mol. The maximum Gasteiger partial charge on any atom is 0.258 e. The van der Waals surface area contributed by atoms with Crippen molar-refractivity contribution in [2.75, 3.05) is 18.4 Å². The van der Waals surface area contributed by atoms with Gasteiger partial charge in [-0.1, -0.05) is 0 Å². The second-order valence-electron chi connectivity index (χ2n) is 6.44. The van der Waals surface area contributed by atoms with Crippen LogP contribution in [0.4, 0.5) is 5.82 Å². The number of amides is 1. The third-order valence-electron chi connectivity index (χ3n) is 4.53. The van der Waals surface area contributed by atoms with Crippen LogP contribution in [-0.4, -0.2) is 33.8 Å². The molecule has 4 rings (SSSR count). The van der Waals surface area contributed by atoms with Gasteiger partial charge in [-0.3, -0.25) is 14.5 Å². The first-order chi connectivity index (χ1) is 11.2. The standard InChI is InChI=1S/C17H21N5O/c1-11-2-5-14(16(19-11)12-3-4-12)17(23)20-15-7-9-22(21-15)13-6-8-18-10-13/h2,5,7,9,12-13,18H,3-4,6,8,10H2,1H3,(H,20,21,23). The summed E-state index contributed by atoms with van der Waals surface area (Å²) >= 11 is 0. The van der Waals surface area contributed by atoms with Gasteiger partial charge in [0.2, 0.25) is 0 Å². The predicted molar refractivity (Wildman–Crippen MR) is 87.7 cm³/mol. The number of rotatable bonds is 4. The molecule has 0 spiro atoms. The monoisotopic (exact) mass is 311 g/mol. The fourth-order valence-electron chi connectivity index (χ4n) is 3.09. The van der Waals surface area contributed by atoms with Crippen molar-refractivity contribution in [1.82, 2.24) is 20.1 Å². The second kappa shape index (κ2) is 5.77. The van der Waals surface area contributed by atoms with Gasteiger partial charge in [0.1, 0.15) is 0 Å². The smallest absolute Gasteiger partial charge is 0.258 e. The molecule has 6 nitrogen and oxygen atoms in total. The Balaban J connectivity index is 1.52. The molecule has 1 aliphatic carbocycles. The van der Waals surface area contributed by atoms with Gasteiger partial charge in [-0.05, 0) is 44.9 Å². The fourth-order valence-corrected chi connectivity index (χ4v) is 3.09. The first-order valence-corrected chi connectivity index (χ1v) is 8.25. The average Bonchev–Trinajstić information content (AvgIpc) is 3.05. The Bertz CT molecular complexity index is 728. The quantitative estimate of drug-likeness (QED) is 0.908. The second-order valence-corrected chi connectivity index (χ2v) is 6.44. The van der Waals surface area contributed by atoms with Crippen LogP contribution in [-0.2, 0) is 0 Å². The van der Waals surface area contributed by atoms with Crippen LogP contribution < -0.4 is 10.6 Å². The summed E-state index contributed by atoms with van der Waals surface area (Å²) in [4.78, 5) is 17.2. The van der Waals surface area contributed by atoms with E-state index in [0.29, 0.717) is 23.3 Å². The Hall–Kier alpha value is -2.21. The highest BCUT2D eigenvalue weighted by Gasteiger charge is 2.30. The number of aromatic nitrogens is 3. The van der Waals surface area contributed by atoms with Gasteiger partial charge in [0.05, 0.1) is 17.3 Å². The number of hydrogen-bond donors (Lipinski definition) is 2. The number of pyridine rings is 1. The first-order valence-electron chi connectivity index (χ1n) is 8.25. The van der Waals surface area contributed by atoms with Crippen LogP contribution in [0.3, 0.4) is 0 Å². The van der Waals surface area contributed by atoms with Crippen molar-refractivity contribution in [3.63, 3.8) is 0 Å². The highest BCUT2D eigenvalue weighted by atomic mass is 16.1. The third kappa shape index (κ3) is 2.99. The van der Waals surface area contributed by atoms with Crippen LogP contribution in [0, 0.1) is 6.92 Å². The van der Waals surface area contributed by atoms with E-state index in [4.69, 9.17) is 0 Å². The van der Waals surface area contributed by atoms with Gasteiger partial charge in [0, 0.05) is 30.4 Å². The lowest BCUT2D eigenvalue weighted by Gasteiger charge is -2.10. The zero-order valence-electron chi connectivity index (χ0n) is 13.2. The zero-order valence-corrected chi connectivity index (χ0v) is 13.2. The van der Waals surface area contributed by atoms with Crippen molar-refractivity contribution < 1.29 is 4.79 Å². The molecule has 0 radical (unpaired) electrons. The average molecular weight is 311 g/mol. The molecule has 2 fully saturated rings. The molecular formula is C17H21N5O. The lowest BCUT2D eigenvalue weighted by atomic mass is 10.1. The Morgan fingerprint density at radius 3 is 2.91 bits per heavy atom. The van der Waals surface area contributed by atoms with Crippen LogP contribution in [0.25, 0.3) is 0 Å². The number of aryl methyl sites for hydroxylation is 1. The van der Waals surface area contributed by atoms with E-state index in [0.717, 1.165) is 43.7 Å². The van der Waals surface area contributed by atoms with Crippen LogP contribution in [0.1, 0.15) is 53.0 Å². The molecule has 1 amide bonds. The van der Waals surface area contributed by atoms with Gasteiger partial charge in [-0.25, -0.2) is 0 Å². The minimum Gasteiger partial charge on any atom is -0.315 e. The molecule has 1 saturated heterocycles. The lowest BCUT2D eigenvalue weighted by molar-refractivity contribution is 0.102. The van der Waals surface area contributed by atoms with Gasteiger partial charge >= 0.3 is 0 Å². The van der Waals surface area contributed by atoms with E-state index in [1.807, 2.05) is 36.0 Å². The topological polar surface area (TPSA) is 71.8 Å². The van der Waals surface area contributed by atoms with Gasteiger partial charge in [-0.2, -0.15) is 5.10 Å². The van der Waals surface area contributed by atoms with Crippen LogP contribution in [0.5, 0.6) is 0 Å². The normalized spacial score (nSPS) is 20.7. The summed E-state index contributed by atoms with van der Waals surface area (Å²) < 4.78 is 1.94. The molecule has 0 aromatic carbocycles. The predicted octanol–water partition coefficient (Wildman–Crippen LogP) is 2.25. The molecule has 1 unspecified atom stereocenters. The number of nitrogens with one attached hydrogen (secondary N) is 2. The summed E-state index contributed by atoms with van der Waals surface area (Å²) in [5.74, 6) is 0.927. The van der Waals surface area contributed by atoms with Crippen molar-refractivity contribution in [3.05, 3.63) is 41.3 Å². The van der Waals surface area contributed by atoms with Crippen LogP contribution in [0.2, 0.25) is 0 Å². The molecule has 2 aromatic heterocycles. The zero-order chi connectivity index (χ0) is 15.8. The van der Waals surface area contributed by atoms with Gasteiger partial charge in [0.15, 0.2) is 5.82 Å². The highest BCUT2D eigenvalue weighted by Crippen LogP contribution is 2.40. The largest absolute Gasteiger partial charge is 0.315 e. The highest BCUT2D eigenvalue weighted by molar-refractivity contribution is 6.04. The van der Waals surface area contributed by atoms with E-state index in [1.54, 1.807) is 0 Å². The molecule has 1 atom stereocenters. The Labute approximate surface area is 135 Å². The molecule has 0 bridgehead atoms. The Kier molecular flexibility index (Phi) is 3.61. The number of hydrogen-bond acceptors (Lipinski definition) is 4. The molecule has 1 saturated carbocycles. The van der Waals surface area contributed by atoms with Crippen molar-refractivity contribution >= 4 is 11.7 Å². The van der Waals surface area contributed by atoms with Crippen LogP contribution in [0.15, 0.2) is 24.4 Å². The minimum absolute atomic E-state index is 0.116. The van der Waals surface area contributed by atoms with Gasteiger partial charge in [0.25, 0.3) is 5.91 Å². The van der Waals surface area contributed by atoms with E-state index in [2.05, 4.69) is 20.7 Å². The van der Waals surface area contributed by atoms with Crippen molar-refractivity contribution in [2.45, 2.75) is 38.1 Å². The number of carbonyl (C=O) groups is 1. The van der Waals surface area contributed by atoms with Crippen LogP contribution >= 0.6 is 0 Å². The Morgan fingerprint density at radius 2 is 2.17 bits per heavy atom. The maximum atomic E-state index is 12.6. The molecule has 3 heterocycles. The maximum absolute atomic E-state index is 12.6. The van der Waals surface area contributed by atoms with E-state index >= 15 is 0 Å². The summed E-state index contributed by atoms with van der Waals surface area (Å²) in [5, 5.41) is 10.7. The summed E-state index contributed by atoms with van der Waals surface area (Å²) in [6, 6.07) is 6.00. The molecule has 6 heteroatoms. The molecule has 1 aliphatic heterocycles. The molecule has 2 N–H and O–H groups in total. The Morgan fingerprint density at radius 1 is 1.30 bits per heavy atom. The summed E-state index contributed by atoms with van der Waals surface area (Å²) in [6.07, 6.45) is 5.26.